The van der Waals surface area contributed by atoms with Gasteiger partial charge in [-0.1, -0.05) is 274 Å². The summed E-state index contributed by atoms with van der Waals surface area (Å²) < 4.78 is 68.2. The molecule has 0 aromatic heterocycles. The molecule has 0 aliphatic heterocycles. The number of carbonyl (C=O) groups is 4. The molecule has 0 radical (unpaired) electrons. The third-order valence-corrected chi connectivity index (χ3v) is 16.8. The lowest BCUT2D eigenvalue weighted by Crippen LogP contribution is -2.30. The number of aliphatic hydroxyl groups is 1. The van der Waals surface area contributed by atoms with Crippen molar-refractivity contribution in [2.24, 2.45) is 0 Å². The van der Waals surface area contributed by atoms with Crippen molar-refractivity contribution in [2.75, 3.05) is 39.6 Å². The number of ether oxygens (including phenoxy) is 4. The molecule has 0 aliphatic rings. The fraction of sp³-hybridized carbons (Fsp3) is 0.590. The summed E-state index contributed by atoms with van der Waals surface area (Å²) in [5, 5.41) is 10.6. The van der Waals surface area contributed by atoms with Gasteiger partial charge in [0.05, 0.1) is 39.3 Å². The van der Waals surface area contributed by atoms with Crippen molar-refractivity contribution in [3.63, 3.8) is 0 Å². The number of aliphatic hydroxyl groups excluding tert-OH is 1. The van der Waals surface area contributed by atoms with E-state index in [2.05, 4.69) is 161 Å². The summed E-state index contributed by atoms with van der Waals surface area (Å²) in [6, 6.07) is 0. The minimum atomic E-state index is -5.02. The fourth-order valence-electron chi connectivity index (χ4n) is 9.18. The fourth-order valence-corrected chi connectivity index (χ4v) is 10.8. The lowest BCUT2D eigenvalue weighted by molar-refractivity contribution is -0.160. The highest BCUT2D eigenvalue weighted by Gasteiger charge is 2.30. The SMILES string of the molecule is CC/C=C\C/C=C\C/C=C\C/C=C\C/C=C\CC(=O)OCC(COP(=O)(O)OCC(O)COP(=O)(O)OCC(COC(=O)CCCCCCCC/C=C\C/C=C\C/C=C\CCCCC)OC(=O)C/C=C\C/C=C\C/C=C\C/C=C\C/C=C\CC)OC(=O)CCCCCCC/C=C\C/C=C\CCC. The van der Waals surface area contributed by atoms with Crippen LogP contribution in [0.15, 0.2) is 182 Å². The number of allylic oxidation sites excluding steroid dienone is 28. The molecule has 0 heterocycles. The van der Waals surface area contributed by atoms with Gasteiger partial charge in [-0.2, -0.15) is 0 Å². The van der Waals surface area contributed by atoms with E-state index >= 15 is 0 Å². The van der Waals surface area contributed by atoms with Gasteiger partial charge in [-0.3, -0.25) is 37.3 Å². The maximum Gasteiger partial charge on any atom is 0.472 e. The first-order chi connectivity index (χ1) is 49.7. The van der Waals surface area contributed by atoms with Crippen molar-refractivity contribution in [1.29, 1.82) is 0 Å². The molecule has 17 nitrogen and oxygen atoms in total. The van der Waals surface area contributed by atoms with E-state index in [4.69, 9.17) is 37.0 Å². The van der Waals surface area contributed by atoms with E-state index in [-0.39, 0.29) is 25.7 Å². The number of hydrogen-bond donors (Lipinski definition) is 3. The summed E-state index contributed by atoms with van der Waals surface area (Å²) in [6.07, 6.45) is 88.1. The van der Waals surface area contributed by atoms with Crippen LogP contribution in [-0.4, -0.2) is 96.7 Å². The molecule has 0 saturated heterocycles. The molecule has 3 N–H and O–H groups in total. The second-order valence-electron chi connectivity index (χ2n) is 24.5. The van der Waals surface area contributed by atoms with Gasteiger partial charge in [0.2, 0.25) is 0 Å². The molecule has 102 heavy (non-hydrogen) atoms. The van der Waals surface area contributed by atoms with E-state index in [1.807, 2.05) is 30.4 Å². The lowest BCUT2D eigenvalue weighted by Gasteiger charge is -2.21. The number of hydrogen-bond acceptors (Lipinski definition) is 15. The molecule has 5 unspecified atom stereocenters. The summed E-state index contributed by atoms with van der Waals surface area (Å²) in [7, 11) is -10.0. The van der Waals surface area contributed by atoms with Gasteiger partial charge in [-0.05, 0) is 141 Å². The predicted octanol–water partition coefficient (Wildman–Crippen LogP) is 22.0. The first kappa shape index (κ1) is 96.2. The Hall–Kier alpha value is -5.84. The topological polar surface area (TPSA) is 237 Å². The maximum absolute atomic E-state index is 13.1. The van der Waals surface area contributed by atoms with Gasteiger partial charge in [-0.25, -0.2) is 9.13 Å². The van der Waals surface area contributed by atoms with Gasteiger partial charge in [0.25, 0.3) is 0 Å². The number of phosphoric acid groups is 2. The first-order valence-electron chi connectivity index (χ1n) is 38.0. The average Bonchev–Trinajstić information content (AvgIpc) is 0.909. The third-order valence-electron chi connectivity index (χ3n) is 14.9. The minimum absolute atomic E-state index is 0.0496. The molecule has 0 fully saturated rings. The zero-order valence-electron chi connectivity index (χ0n) is 62.7. The van der Waals surface area contributed by atoms with Crippen LogP contribution in [0.1, 0.15) is 259 Å². The molecule has 0 aromatic rings. The van der Waals surface area contributed by atoms with Crippen molar-refractivity contribution in [3.05, 3.63) is 182 Å². The van der Waals surface area contributed by atoms with E-state index in [1.54, 1.807) is 18.2 Å². The van der Waals surface area contributed by atoms with E-state index in [0.717, 1.165) is 161 Å². The number of rotatable bonds is 69. The minimum Gasteiger partial charge on any atom is -0.462 e. The quantitative estimate of drug-likeness (QED) is 0.0169. The zero-order chi connectivity index (χ0) is 74.6. The zero-order valence-corrected chi connectivity index (χ0v) is 64.5. The van der Waals surface area contributed by atoms with Crippen LogP contribution in [0.5, 0.6) is 0 Å². The Morgan fingerprint density at radius 1 is 0.294 bits per heavy atom. The highest BCUT2D eigenvalue weighted by Crippen LogP contribution is 2.45. The van der Waals surface area contributed by atoms with Gasteiger partial charge in [-0.15, -0.1) is 0 Å². The molecule has 5 atom stereocenters. The van der Waals surface area contributed by atoms with Gasteiger partial charge >= 0.3 is 39.5 Å². The van der Waals surface area contributed by atoms with Crippen LogP contribution < -0.4 is 0 Å². The van der Waals surface area contributed by atoms with Crippen molar-refractivity contribution in [2.45, 2.75) is 277 Å². The second kappa shape index (κ2) is 73.5. The maximum atomic E-state index is 13.1. The Balaban J connectivity index is 5.51. The van der Waals surface area contributed by atoms with E-state index < -0.39 is 97.5 Å². The first-order valence-corrected chi connectivity index (χ1v) is 41.0. The largest absolute Gasteiger partial charge is 0.472 e. The summed E-state index contributed by atoms with van der Waals surface area (Å²) in [4.78, 5) is 72.7. The third kappa shape index (κ3) is 72.5. The molecule has 0 bridgehead atoms. The molecule has 0 spiro atoms. The van der Waals surface area contributed by atoms with Crippen LogP contribution >= 0.6 is 15.6 Å². The van der Waals surface area contributed by atoms with Crippen LogP contribution in [0.25, 0.3) is 0 Å². The summed E-state index contributed by atoms with van der Waals surface area (Å²) in [5.74, 6) is -2.52. The molecule has 576 valence electrons. The van der Waals surface area contributed by atoms with Crippen LogP contribution in [0.3, 0.4) is 0 Å². The molecular formula is C83H132O17P2. The monoisotopic (exact) mass is 1460 g/mol. The van der Waals surface area contributed by atoms with Crippen molar-refractivity contribution >= 4 is 39.5 Å². The summed E-state index contributed by atoms with van der Waals surface area (Å²) in [6.45, 7) is 4.25. The Morgan fingerprint density at radius 2 is 0.578 bits per heavy atom. The molecule has 0 aromatic carbocycles. The van der Waals surface area contributed by atoms with E-state index in [1.165, 1.54) is 19.3 Å². The Bertz CT molecular complexity index is 2650. The summed E-state index contributed by atoms with van der Waals surface area (Å²) in [5.41, 5.74) is 0. The van der Waals surface area contributed by atoms with Crippen LogP contribution in [0, 0.1) is 0 Å². The van der Waals surface area contributed by atoms with Crippen molar-refractivity contribution < 1.29 is 80.2 Å². The van der Waals surface area contributed by atoms with Crippen LogP contribution in [0.4, 0.5) is 0 Å². The average molecular weight is 1460 g/mol. The second-order valence-corrected chi connectivity index (χ2v) is 27.4. The van der Waals surface area contributed by atoms with E-state index in [0.29, 0.717) is 25.7 Å². The molecule has 0 amide bonds. The van der Waals surface area contributed by atoms with Gasteiger partial charge in [0.15, 0.2) is 12.2 Å². The highest BCUT2D eigenvalue weighted by atomic mass is 31.2. The highest BCUT2D eigenvalue weighted by molar-refractivity contribution is 7.47. The normalized spacial score (nSPS) is 14.9. The molecule has 19 heteroatoms. The van der Waals surface area contributed by atoms with Crippen molar-refractivity contribution in [3.8, 4) is 0 Å². The van der Waals surface area contributed by atoms with Crippen LogP contribution in [0.2, 0.25) is 0 Å². The summed E-state index contributed by atoms with van der Waals surface area (Å²) >= 11 is 0. The number of carbonyl (C=O) groups excluding carboxylic acids is 4. The van der Waals surface area contributed by atoms with Crippen LogP contribution in [-0.2, 0) is 65.4 Å². The van der Waals surface area contributed by atoms with Gasteiger partial charge in [0.1, 0.15) is 19.3 Å². The standard InChI is InChI=1S/C83H132O17P2/c1-5-9-13-17-21-25-29-33-36-37-38-39-42-45-48-52-56-60-64-68-81(86)94-74-79(100-83(88)70-66-62-58-54-50-46-41-35-31-27-23-19-15-11-7-3)76-98-102(91,92)96-72-77(84)71-95-101(89,90)97-75-78(99-82(87)69-65-61-57-53-49-43-32-28-24-20-16-12-8-4)73-93-80(85)67-63-59-55-51-47-44-40-34-30-26-22-18-14-10-6-2/h10-11,14-16,20-23,25-28,32-36,38-41,47,50-51,54,59,62-63,66,77-79,84H,5-9,12-13,17-19,24,29-31,37,42-46,48-49,52-53,55-58,60-61,64-65,67-76H2,1-4H3,(H,89,90)(H,91,92)/b14-10-,15-11-,20-16-,25-21-,26-22-,27-23-,32-28-,36-33-,39-38-,40-34-,41-35-,51-47-,54-50-,63-59-,66-62-. The molecular weight excluding hydrogens is 1330 g/mol. The molecule has 0 aliphatic carbocycles. The predicted molar refractivity (Wildman–Crippen MR) is 417 cm³/mol. The lowest BCUT2D eigenvalue weighted by atomic mass is 10.1. The number of esters is 4. The van der Waals surface area contributed by atoms with Gasteiger partial charge in [0, 0.05) is 12.8 Å². The number of unbranched alkanes of at least 4 members (excludes halogenated alkanes) is 15. The number of phosphoric ester groups is 2. The smallest absolute Gasteiger partial charge is 0.462 e. The Morgan fingerprint density at radius 3 is 0.951 bits per heavy atom. The molecule has 0 rings (SSSR count). The van der Waals surface area contributed by atoms with Gasteiger partial charge < -0.3 is 33.8 Å². The Kier molecular flexibility index (Phi) is 69.3. The molecule has 0 saturated carbocycles. The Labute approximate surface area is 615 Å². The van der Waals surface area contributed by atoms with E-state index in [9.17, 15) is 43.2 Å². The van der Waals surface area contributed by atoms with Crippen molar-refractivity contribution in [1.82, 2.24) is 0 Å².